The zero-order valence-electron chi connectivity index (χ0n) is 14.1. The molecular formula is C19H21ClN2O3. The first-order valence-electron chi connectivity index (χ1n) is 8.26. The predicted molar refractivity (Wildman–Crippen MR) is 95.8 cm³/mol. The van der Waals surface area contributed by atoms with E-state index in [1.54, 1.807) is 13.3 Å². The van der Waals surface area contributed by atoms with Gasteiger partial charge in [0.1, 0.15) is 0 Å². The molecule has 6 heteroatoms. The summed E-state index contributed by atoms with van der Waals surface area (Å²) in [5, 5.41) is 3.67. The van der Waals surface area contributed by atoms with Gasteiger partial charge in [-0.15, -0.1) is 0 Å². The highest BCUT2D eigenvalue weighted by molar-refractivity contribution is 6.30. The van der Waals surface area contributed by atoms with Crippen molar-refractivity contribution in [1.82, 2.24) is 10.3 Å². The van der Waals surface area contributed by atoms with Gasteiger partial charge in [-0.1, -0.05) is 29.8 Å². The Balaban J connectivity index is 1.83. The first-order valence-corrected chi connectivity index (χ1v) is 8.63. The largest absolute Gasteiger partial charge is 0.481 e. The molecule has 1 aliphatic heterocycles. The quantitative estimate of drug-likeness (QED) is 0.890. The van der Waals surface area contributed by atoms with Gasteiger partial charge in [-0.25, -0.2) is 4.98 Å². The molecule has 25 heavy (non-hydrogen) atoms. The number of methoxy groups -OCH3 is 1. The van der Waals surface area contributed by atoms with E-state index in [2.05, 4.69) is 10.3 Å². The van der Waals surface area contributed by atoms with Crippen LogP contribution in [0, 0.1) is 0 Å². The van der Waals surface area contributed by atoms with Crippen LogP contribution in [0.2, 0.25) is 5.02 Å². The molecule has 1 amide bonds. The van der Waals surface area contributed by atoms with Gasteiger partial charge < -0.3 is 14.8 Å². The number of hydrogen-bond donors (Lipinski definition) is 1. The number of halogens is 1. The Bertz CT molecular complexity index is 745. The van der Waals surface area contributed by atoms with E-state index in [-0.39, 0.29) is 5.91 Å². The van der Waals surface area contributed by atoms with Crippen LogP contribution in [0.4, 0.5) is 0 Å². The molecule has 3 rings (SSSR count). The van der Waals surface area contributed by atoms with E-state index in [4.69, 9.17) is 21.1 Å². The smallest absolute Gasteiger partial charge is 0.231 e. The minimum absolute atomic E-state index is 0.0241. The zero-order valence-corrected chi connectivity index (χ0v) is 14.9. The number of amides is 1. The van der Waals surface area contributed by atoms with E-state index in [0.717, 1.165) is 11.1 Å². The Morgan fingerprint density at radius 3 is 2.84 bits per heavy atom. The Hall–Kier alpha value is -2.11. The second kappa shape index (κ2) is 7.85. The number of nitrogens with zero attached hydrogens (tertiary/aromatic N) is 1. The van der Waals surface area contributed by atoms with Gasteiger partial charge in [-0.3, -0.25) is 4.79 Å². The third-order valence-electron chi connectivity index (χ3n) is 4.64. The lowest BCUT2D eigenvalue weighted by atomic mass is 9.73. The highest BCUT2D eigenvalue weighted by atomic mass is 35.5. The van der Waals surface area contributed by atoms with E-state index in [9.17, 15) is 4.79 Å². The molecule has 0 spiro atoms. The second-order valence-electron chi connectivity index (χ2n) is 6.06. The maximum absolute atomic E-state index is 13.1. The first-order chi connectivity index (χ1) is 12.2. The van der Waals surface area contributed by atoms with Crippen molar-refractivity contribution >= 4 is 17.5 Å². The lowest BCUT2D eigenvalue weighted by molar-refractivity contribution is -0.130. The van der Waals surface area contributed by atoms with Gasteiger partial charge in [0.2, 0.25) is 11.8 Å². The maximum atomic E-state index is 13.1. The van der Waals surface area contributed by atoms with Crippen LogP contribution < -0.4 is 10.1 Å². The van der Waals surface area contributed by atoms with Gasteiger partial charge in [0.05, 0.1) is 12.5 Å². The predicted octanol–water partition coefficient (Wildman–Crippen LogP) is 3.11. The van der Waals surface area contributed by atoms with Gasteiger partial charge in [0.25, 0.3) is 0 Å². The number of aromatic nitrogens is 1. The Morgan fingerprint density at radius 1 is 1.32 bits per heavy atom. The molecule has 0 saturated carbocycles. The van der Waals surface area contributed by atoms with Crippen LogP contribution in [-0.4, -0.2) is 31.2 Å². The number of pyridine rings is 1. The standard InChI is InChI=1S/C19H21ClN2O3/c1-24-17-14(4-3-9-21-17)13-22-18(23)19(7-10-25-11-8-19)15-5-2-6-16(20)12-15/h2-6,9,12H,7-8,10-11,13H2,1H3,(H,22,23). The van der Waals surface area contributed by atoms with Crippen molar-refractivity contribution in [1.29, 1.82) is 0 Å². The van der Waals surface area contributed by atoms with Gasteiger partial charge in [-0.05, 0) is 36.6 Å². The SMILES string of the molecule is COc1ncccc1CNC(=O)C1(c2cccc(Cl)c2)CCOCC1. The molecular weight excluding hydrogens is 340 g/mol. The number of nitrogens with one attached hydrogen (secondary N) is 1. The number of hydrogen-bond acceptors (Lipinski definition) is 4. The van der Waals surface area contributed by atoms with E-state index < -0.39 is 5.41 Å². The van der Waals surface area contributed by atoms with Crippen LogP contribution in [0.5, 0.6) is 5.88 Å². The summed E-state index contributed by atoms with van der Waals surface area (Å²) in [6.45, 7) is 1.46. The van der Waals surface area contributed by atoms with Gasteiger partial charge in [0, 0.05) is 36.5 Å². The monoisotopic (exact) mass is 360 g/mol. The molecule has 0 atom stereocenters. The maximum Gasteiger partial charge on any atom is 0.231 e. The van der Waals surface area contributed by atoms with Crippen molar-refractivity contribution in [2.24, 2.45) is 0 Å². The lowest BCUT2D eigenvalue weighted by Crippen LogP contribution is -2.47. The molecule has 0 radical (unpaired) electrons. The summed E-state index contributed by atoms with van der Waals surface area (Å²) in [4.78, 5) is 17.3. The van der Waals surface area contributed by atoms with E-state index >= 15 is 0 Å². The van der Waals surface area contributed by atoms with Crippen LogP contribution in [0.15, 0.2) is 42.6 Å². The fourth-order valence-corrected chi connectivity index (χ4v) is 3.43. The molecule has 1 aromatic heterocycles. The zero-order chi connectivity index (χ0) is 17.7. The minimum Gasteiger partial charge on any atom is -0.481 e. The van der Waals surface area contributed by atoms with Crippen LogP contribution in [0.25, 0.3) is 0 Å². The summed E-state index contributed by atoms with van der Waals surface area (Å²) >= 11 is 6.16. The molecule has 5 nitrogen and oxygen atoms in total. The minimum atomic E-state index is -0.626. The highest BCUT2D eigenvalue weighted by Crippen LogP contribution is 2.36. The molecule has 0 unspecified atom stereocenters. The number of carbonyl (C=O) groups excluding carboxylic acids is 1. The molecule has 1 fully saturated rings. The van der Waals surface area contributed by atoms with Crippen LogP contribution in [-0.2, 0) is 21.5 Å². The van der Waals surface area contributed by atoms with Crippen LogP contribution in [0.1, 0.15) is 24.0 Å². The van der Waals surface area contributed by atoms with Gasteiger partial charge in [0.15, 0.2) is 0 Å². The van der Waals surface area contributed by atoms with Crippen molar-refractivity contribution in [3.8, 4) is 5.88 Å². The second-order valence-corrected chi connectivity index (χ2v) is 6.50. The average Bonchev–Trinajstić information content (AvgIpc) is 2.66. The van der Waals surface area contributed by atoms with Crippen molar-refractivity contribution < 1.29 is 14.3 Å². The summed E-state index contributed by atoms with van der Waals surface area (Å²) in [7, 11) is 1.57. The lowest BCUT2D eigenvalue weighted by Gasteiger charge is -2.36. The molecule has 0 aliphatic carbocycles. The van der Waals surface area contributed by atoms with Crippen LogP contribution >= 0.6 is 11.6 Å². The fourth-order valence-electron chi connectivity index (χ4n) is 3.24. The molecule has 132 valence electrons. The first kappa shape index (κ1) is 17.7. The summed E-state index contributed by atoms with van der Waals surface area (Å²) in [6.07, 6.45) is 2.92. The Labute approximate surface area is 152 Å². The summed E-state index contributed by atoms with van der Waals surface area (Å²) in [5.41, 5.74) is 1.14. The normalized spacial score (nSPS) is 16.2. The van der Waals surface area contributed by atoms with Gasteiger partial charge >= 0.3 is 0 Å². The third kappa shape index (κ3) is 3.78. The van der Waals surface area contributed by atoms with Crippen molar-refractivity contribution in [2.75, 3.05) is 20.3 Å². The topological polar surface area (TPSA) is 60.5 Å². The molecule has 1 N–H and O–H groups in total. The summed E-state index contributed by atoms with van der Waals surface area (Å²) in [6, 6.07) is 11.2. The molecule has 2 heterocycles. The average molecular weight is 361 g/mol. The van der Waals surface area contributed by atoms with Crippen molar-refractivity contribution in [3.05, 3.63) is 58.7 Å². The van der Waals surface area contributed by atoms with Crippen molar-refractivity contribution in [2.45, 2.75) is 24.8 Å². The number of ether oxygens (including phenoxy) is 2. The third-order valence-corrected chi connectivity index (χ3v) is 4.88. The highest BCUT2D eigenvalue weighted by Gasteiger charge is 2.41. The van der Waals surface area contributed by atoms with E-state index in [0.29, 0.717) is 43.5 Å². The molecule has 1 saturated heterocycles. The number of carbonyl (C=O) groups is 1. The number of rotatable bonds is 5. The molecule has 2 aromatic rings. The van der Waals surface area contributed by atoms with E-state index in [1.165, 1.54) is 0 Å². The Morgan fingerprint density at radius 2 is 2.12 bits per heavy atom. The number of benzene rings is 1. The van der Waals surface area contributed by atoms with Gasteiger partial charge in [-0.2, -0.15) is 0 Å². The molecule has 1 aliphatic rings. The van der Waals surface area contributed by atoms with Crippen molar-refractivity contribution in [3.63, 3.8) is 0 Å². The summed E-state index contributed by atoms with van der Waals surface area (Å²) < 4.78 is 10.7. The van der Waals surface area contributed by atoms with E-state index in [1.807, 2.05) is 36.4 Å². The molecule has 0 bridgehead atoms. The van der Waals surface area contributed by atoms with Crippen LogP contribution in [0.3, 0.4) is 0 Å². The Kier molecular flexibility index (Phi) is 5.56. The molecule has 1 aromatic carbocycles. The fraction of sp³-hybridized carbons (Fsp3) is 0.368. The summed E-state index contributed by atoms with van der Waals surface area (Å²) in [5.74, 6) is 0.496.